The summed E-state index contributed by atoms with van der Waals surface area (Å²) in [4.78, 5) is 13.3. The molecule has 0 unspecified atom stereocenters. The van der Waals surface area contributed by atoms with Crippen molar-refractivity contribution in [2.24, 2.45) is 11.7 Å². The number of likely N-dealkylation sites (tertiary alicyclic amines) is 1. The van der Waals surface area contributed by atoms with Crippen LogP contribution in [0.3, 0.4) is 0 Å². The Hall–Kier alpha value is -1.65. The second-order valence-electron chi connectivity index (χ2n) is 7.12. The molecule has 3 rings (SSSR count). The van der Waals surface area contributed by atoms with Gasteiger partial charge in [0.15, 0.2) is 19.7 Å². The Morgan fingerprint density at radius 1 is 1.15 bits per heavy atom. The van der Waals surface area contributed by atoms with Gasteiger partial charge in [-0.25, -0.2) is 16.8 Å². The molecule has 8 nitrogen and oxygen atoms in total. The second kappa shape index (κ2) is 7.40. The lowest BCUT2D eigenvalue weighted by Crippen LogP contribution is -2.50. The first-order valence-corrected chi connectivity index (χ1v) is 12.1. The lowest BCUT2D eigenvalue weighted by atomic mass is 9.95. The molecule has 0 radical (unpaired) electrons. The average Bonchev–Trinajstić information content (AvgIpc) is 2.98. The normalized spacial score (nSPS) is 26.7. The van der Waals surface area contributed by atoms with Crippen LogP contribution in [0.5, 0.6) is 5.75 Å². The maximum absolute atomic E-state index is 13.1. The first kappa shape index (κ1) is 20.1. The zero-order chi connectivity index (χ0) is 19.8. The van der Waals surface area contributed by atoms with Gasteiger partial charge in [0.2, 0.25) is 5.91 Å². The number of nitrogens with zero attached hydrogens (tertiary/aromatic N) is 1. The zero-order valence-electron chi connectivity index (χ0n) is 15.1. The van der Waals surface area contributed by atoms with Gasteiger partial charge in [0.25, 0.3) is 0 Å². The fourth-order valence-electron chi connectivity index (χ4n) is 3.89. The number of piperidine rings is 1. The predicted octanol–water partition coefficient (Wildman–Crippen LogP) is -0.168. The molecule has 0 aromatic heterocycles. The second-order valence-corrected chi connectivity index (χ2v) is 11.4. The van der Waals surface area contributed by atoms with E-state index in [2.05, 4.69) is 0 Å². The molecule has 2 atom stereocenters. The highest BCUT2D eigenvalue weighted by Crippen LogP contribution is 2.32. The minimum absolute atomic E-state index is 0.0856. The molecule has 1 aromatic carbocycles. The molecule has 0 spiro atoms. The molecule has 2 heterocycles. The van der Waals surface area contributed by atoms with Gasteiger partial charge in [-0.15, -0.1) is 0 Å². The lowest BCUT2D eigenvalue weighted by molar-refractivity contribution is -0.123. The third kappa shape index (κ3) is 4.12. The van der Waals surface area contributed by atoms with Crippen molar-refractivity contribution in [1.82, 2.24) is 4.90 Å². The Balaban J connectivity index is 1.86. The highest BCUT2D eigenvalue weighted by atomic mass is 32.2. The molecule has 2 saturated heterocycles. The molecule has 27 heavy (non-hydrogen) atoms. The summed E-state index contributed by atoms with van der Waals surface area (Å²) in [5.41, 5.74) is 5.35. The number of hydrogen-bond donors (Lipinski definition) is 1. The van der Waals surface area contributed by atoms with E-state index in [4.69, 9.17) is 10.5 Å². The fourth-order valence-corrected chi connectivity index (χ4v) is 8.72. The van der Waals surface area contributed by atoms with Crippen molar-refractivity contribution in [1.29, 1.82) is 0 Å². The van der Waals surface area contributed by atoms with Gasteiger partial charge in [-0.3, -0.25) is 9.69 Å². The van der Waals surface area contributed by atoms with E-state index < -0.39 is 31.0 Å². The Morgan fingerprint density at radius 3 is 2.26 bits per heavy atom. The van der Waals surface area contributed by atoms with Crippen molar-refractivity contribution in [2.75, 3.05) is 31.7 Å². The van der Waals surface area contributed by atoms with Crippen molar-refractivity contribution in [3.63, 3.8) is 0 Å². The average molecular weight is 417 g/mol. The Kier molecular flexibility index (Phi) is 5.51. The van der Waals surface area contributed by atoms with Gasteiger partial charge >= 0.3 is 0 Å². The molecule has 0 saturated carbocycles. The molecule has 0 bridgehead atoms. The number of nitrogens with two attached hydrogens (primary N) is 1. The first-order chi connectivity index (χ1) is 12.6. The lowest BCUT2D eigenvalue weighted by Gasteiger charge is -2.36. The molecule has 0 aliphatic carbocycles. The maximum Gasteiger partial charge on any atom is 0.220 e. The molecule has 10 heteroatoms. The number of primary amides is 1. The first-order valence-electron chi connectivity index (χ1n) is 8.76. The molecule has 2 fully saturated rings. The molecule has 2 aliphatic rings. The molecular formula is C17H24N2O6S2. The third-order valence-electron chi connectivity index (χ3n) is 5.46. The number of carbonyl (C=O) groups excluding carboxylic acids is 1. The summed E-state index contributed by atoms with van der Waals surface area (Å²) in [6, 6.07) is 5.36. The van der Waals surface area contributed by atoms with Crippen LogP contribution in [-0.4, -0.2) is 70.6 Å². The SMILES string of the molecule is COc1ccc(S(=O)(=O)[C@H]2CS(=O)(=O)C[C@@H]2N2CCC(C(N)=O)CC2)cc1. The number of benzene rings is 1. The number of amides is 1. The van der Waals surface area contributed by atoms with Crippen molar-refractivity contribution < 1.29 is 26.4 Å². The van der Waals surface area contributed by atoms with E-state index in [0.717, 1.165) is 0 Å². The van der Waals surface area contributed by atoms with E-state index in [1.807, 2.05) is 4.90 Å². The molecule has 2 aliphatic heterocycles. The molecule has 2 N–H and O–H groups in total. The van der Waals surface area contributed by atoms with E-state index in [1.54, 1.807) is 12.1 Å². The summed E-state index contributed by atoms with van der Waals surface area (Å²) in [5, 5.41) is -1.03. The summed E-state index contributed by atoms with van der Waals surface area (Å²) in [7, 11) is -5.81. The van der Waals surface area contributed by atoms with Gasteiger partial charge in [0, 0.05) is 12.0 Å². The third-order valence-corrected chi connectivity index (χ3v) is 9.59. The largest absolute Gasteiger partial charge is 0.497 e. The number of hydrogen-bond acceptors (Lipinski definition) is 7. The van der Waals surface area contributed by atoms with E-state index in [1.165, 1.54) is 19.2 Å². The quantitative estimate of drug-likeness (QED) is 0.707. The van der Waals surface area contributed by atoms with Gasteiger partial charge in [0.05, 0.1) is 28.8 Å². The Labute approximate surface area is 159 Å². The topological polar surface area (TPSA) is 124 Å². The Bertz CT molecular complexity index is 903. The smallest absolute Gasteiger partial charge is 0.220 e. The predicted molar refractivity (Wildman–Crippen MR) is 99.9 cm³/mol. The van der Waals surface area contributed by atoms with Crippen LogP contribution in [0.15, 0.2) is 29.2 Å². The van der Waals surface area contributed by atoms with Crippen LogP contribution in [0.25, 0.3) is 0 Å². The number of methoxy groups -OCH3 is 1. The molecule has 1 amide bonds. The standard InChI is InChI=1S/C17H24N2O6S2/c1-25-13-2-4-14(5-3-13)27(23,24)16-11-26(21,22)10-15(16)19-8-6-12(7-9-19)17(18)20/h2-5,12,15-16H,6-11H2,1H3,(H2,18,20)/t15-,16-/m0/s1. The van der Waals surface area contributed by atoms with Crippen molar-refractivity contribution in [3.05, 3.63) is 24.3 Å². The van der Waals surface area contributed by atoms with Crippen LogP contribution in [0.2, 0.25) is 0 Å². The van der Waals surface area contributed by atoms with Crippen LogP contribution < -0.4 is 10.5 Å². The highest BCUT2D eigenvalue weighted by Gasteiger charge is 2.48. The fraction of sp³-hybridized carbons (Fsp3) is 0.588. The molecule has 1 aromatic rings. The van der Waals surface area contributed by atoms with Crippen LogP contribution in [0, 0.1) is 5.92 Å². The monoisotopic (exact) mass is 416 g/mol. The zero-order valence-corrected chi connectivity index (χ0v) is 16.7. The van der Waals surface area contributed by atoms with Gasteiger partial charge in [0.1, 0.15) is 5.75 Å². The summed E-state index contributed by atoms with van der Waals surface area (Å²) < 4.78 is 55.9. The van der Waals surface area contributed by atoms with E-state index in [0.29, 0.717) is 31.7 Å². The number of rotatable bonds is 5. The summed E-state index contributed by atoms with van der Waals surface area (Å²) in [6.07, 6.45) is 1.03. The molecular weight excluding hydrogens is 392 g/mol. The van der Waals surface area contributed by atoms with Crippen molar-refractivity contribution in [2.45, 2.75) is 29.0 Å². The van der Waals surface area contributed by atoms with Crippen molar-refractivity contribution in [3.8, 4) is 5.75 Å². The molecule has 150 valence electrons. The highest BCUT2D eigenvalue weighted by molar-refractivity contribution is 7.96. The van der Waals surface area contributed by atoms with Gasteiger partial charge in [-0.1, -0.05) is 0 Å². The summed E-state index contributed by atoms with van der Waals surface area (Å²) in [6.45, 7) is 0.921. The van der Waals surface area contributed by atoms with Crippen LogP contribution >= 0.6 is 0 Å². The van der Waals surface area contributed by atoms with Crippen LogP contribution in [-0.2, 0) is 24.5 Å². The minimum Gasteiger partial charge on any atom is -0.497 e. The maximum atomic E-state index is 13.1. The van der Waals surface area contributed by atoms with Crippen LogP contribution in [0.1, 0.15) is 12.8 Å². The summed E-state index contributed by atoms with van der Waals surface area (Å²) >= 11 is 0. The summed E-state index contributed by atoms with van der Waals surface area (Å²) in [5.74, 6) is -0.652. The number of ether oxygens (including phenoxy) is 1. The minimum atomic E-state index is -3.83. The van der Waals surface area contributed by atoms with Gasteiger partial charge < -0.3 is 10.5 Å². The van der Waals surface area contributed by atoms with Gasteiger partial charge in [-0.05, 0) is 50.2 Å². The van der Waals surface area contributed by atoms with Crippen LogP contribution in [0.4, 0.5) is 0 Å². The number of carbonyl (C=O) groups is 1. The van der Waals surface area contributed by atoms with E-state index >= 15 is 0 Å². The van der Waals surface area contributed by atoms with E-state index in [9.17, 15) is 21.6 Å². The number of sulfone groups is 2. The van der Waals surface area contributed by atoms with E-state index in [-0.39, 0.29) is 28.2 Å². The van der Waals surface area contributed by atoms with Crippen molar-refractivity contribution >= 4 is 25.6 Å². The Morgan fingerprint density at radius 2 is 1.74 bits per heavy atom. The van der Waals surface area contributed by atoms with Gasteiger partial charge in [-0.2, -0.15) is 0 Å².